The number of hydrogen-bond acceptors (Lipinski definition) is 3. The fourth-order valence-corrected chi connectivity index (χ4v) is 3.57. The number of piperazine rings is 1. The van der Waals surface area contributed by atoms with Crippen molar-refractivity contribution in [1.29, 1.82) is 0 Å². The average Bonchev–Trinajstić information content (AvgIpc) is 2.28. The summed E-state index contributed by atoms with van der Waals surface area (Å²) in [6.07, 6.45) is 3.93. The lowest BCUT2D eigenvalue weighted by molar-refractivity contribution is 0.0405. The molecular weight excluding hydrogens is 210 g/mol. The van der Waals surface area contributed by atoms with E-state index in [1.54, 1.807) is 0 Å². The van der Waals surface area contributed by atoms with Gasteiger partial charge in [-0.1, -0.05) is 6.92 Å². The molecule has 0 bridgehead atoms. The summed E-state index contributed by atoms with van der Waals surface area (Å²) in [5.74, 6) is 0. The number of likely N-dealkylation sites (N-methyl/N-ethyl adjacent to an activating group) is 1. The molecule has 0 aliphatic carbocycles. The lowest BCUT2D eigenvalue weighted by Gasteiger charge is -2.46. The molecule has 2 rings (SSSR count). The van der Waals surface area contributed by atoms with Crippen molar-refractivity contribution in [1.82, 2.24) is 15.1 Å². The Morgan fingerprint density at radius 1 is 1.12 bits per heavy atom. The third-order valence-corrected chi connectivity index (χ3v) is 4.62. The Labute approximate surface area is 107 Å². The lowest BCUT2D eigenvalue weighted by atomic mass is 9.93. The summed E-state index contributed by atoms with van der Waals surface area (Å²) in [6.45, 7) is 10.8. The van der Waals surface area contributed by atoms with Crippen LogP contribution in [0.2, 0.25) is 0 Å². The van der Waals surface area contributed by atoms with Crippen LogP contribution in [-0.4, -0.2) is 60.6 Å². The molecule has 3 unspecified atom stereocenters. The summed E-state index contributed by atoms with van der Waals surface area (Å²) >= 11 is 0. The quantitative estimate of drug-likeness (QED) is 0.788. The molecule has 100 valence electrons. The van der Waals surface area contributed by atoms with Gasteiger partial charge in [0.1, 0.15) is 0 Å². The van der Waals surface area contributed by atoms with Crippen LogP contribution in [0.15, 0.2) is 0 Å². The van der Waals surface area contributed by atoms with Gasteiger partial charge >= 0.3 is 0 Å². The Morgan fingerprint density at radius 3 is 2.35 bits per heavy atom. The molecule has 0 saturated carbocycles. The van der Waals surface area contributed by atoms with Crippen LogP contribution in [0, 0.1) is 0 Å². The minimum Gasteiger partial charge on any atom is -0.312 e. The number of piperidine rings is 1. The number of nitrogens with zero attached hydrogens (tertiary/aromatic N) is 2. The van der Waals surface area contributed by atoms with Crippen LogP contribution in [0.5, 0.6) is 0 Å². The summed E-state index contributed by atoms with van der Waals surface area (Å²) in [7, 11) is 2.28. The molecule has 2 heterocycles. The lowest BCUT2D eigenvalue weighted by Crippen LogP contribution is -2.58. The first-order chi connectivity index (χ1) is 8.10. The molecular formula is C14H29N3. The van der Waals surface area contributed by atoms with Gasteiger partial charge in [-0.05, 0) is 40.2 Å². The molecule has 3 nitrogen and oxygen atoms in total. The molecule has 2 aliphatic rings. The summed E-state index contributed by atoms with van der Waals surface area (Å²) in [5.41, 5.74) is 0. The van der Waals surface area contributed by atoms with Gasteiger partial charge in [-0.3, -0.25) is 4.90 Å². The van der Waals surface area contributed by atoms with Crippen molar-refractivity contribution in [2.24, 2.45) is 0 Å². The highest BCUT2D eigenvalue weighted by molar-refractivity contribution is 4.90. The Balaban J connectivity index is 1.93. The summed E-state index contributed by atoms with van der Waals surface area (Å²) in [5, 5.41) is 3.65. The number of nitrogens with one attached hydrogen (secondary N) is 1. The third-order valence-electron chi connectivity index (χ3n) is 4.62. The molecule has 0 radical (unpaired) electrons. The van der Waals surface area contributed by atoms with E-state index < -0.39 is 0 Å². The zero-order chi connectivity index (χ0) is 12.4. The van der Waals surface area contributed by atoms with Crippen molar-refractivity contribution in [2.75, 3.05) is 26.7 Å². The highest BCUT2D eigenvalue weighted by atomic mass is 15.3. The smallest absolute Gasteiger partial charge is 0.0218 e. The van der Waals surface area contributed by atoms with E-state index in [9.17, 15) is 0 Å². The predicted octanol–water partition coefficient (Wildman–Crippen LogP) is 1.54. The molecule has 2 fully saturated rings. The van der Waals surface area contributed by atoms with E-state index in [1.165, 1.54) is 38.9 Å². The maximum absolute atomic E-state index is 3.65. The normalized spacial score (nSPS) is 41.6. The second-order valence-electron chi connectivity index (χ2n) is 6.13. The minimum absolute atomic E-state index is 0.684. The second kappa shape index (κ2) is 5.68. The summed E-state index contributed by atoms with van der Waals surface area (Å²) < 4.78 is 0. The Bertz CT molecular complexity index is 234. The van der Waals surface area contributed by atoms with E-state index in [1.807, 2.05) is 0 Å². The maximum atomic E-state index is 3.65. The first kappa shape index (κ1) is 13.3. The Morgan fingerprint density at radius 2 is 1.76 bits per heavy atom. The zero-order valence-electron chi connectivity index (χ0n) is 11.9. The van der Waals surface area contributed by atoms with Crippen LogP contribution in [-0.2, 0) is 0 Å². The zero-order valence-corrected chi connectivity index (χ0v) is 11.9. The standard InChI is InChI=1S/C14H29N3/c1-5-13-10-17(7-6-16(13)4)14-8-11(2)15-12(3)9-14/h11-15H,5-10H2,1-4H3. The van der Waals surface area contributed by atoms with Gasteiger partial charge in [0, 0.05) is 43.8 Å². The average molecular weight is 239 g/mol. The van der Waals surface area contributed by atoms with E-state index in [0.29, 0.717) is 12.1 Å². The van der Waals surface area contributed by atoms with Crippen molar-refractivity contribution >= 4 is 0 Å². The van der Waals surface area contributed by atoms with E-state index in [4.69, 9.17) is 0 Å². The van der Waals surface area contributed by atoms with Gasteiger partial charge in [0.15, 0.2) is 0 Å². The van der Waals surface area contributed by atoms with Crippen molar-refractivity contribution in [3.8, 4) is 0 Å². The van der Waals surface area contributed by atoms with Gasteiger partial charge in [-0.15, -0.1) is 0 Å². The van der Waals surface area contributed by atoms with Crippen molar-refractivity contribution in [3.63, 3.8) is 0 Å². The van der Waals surface area contributed by atoms with Crippen LogP contribution in [0.25, 0.3) is 0 Å². The highest BCUT2D eigenvalue weighted by Gasteiger charge is 2.32. The number of rotatable bonds is 2. The molecule has 0 spiro atoms. The summed E-state index contributed by atoms with van der Waals surface area (Å²) in [4.78, 5) is 5.28. The van der Waals surface area contributed by atoms with E-state index in [2.05, 4.69) is 42.9 Å². The molecule has 2 aliphatic heterocycles. The SMILES string of the molecule is CCC1CN(C2CC(C)NC(C)C2)CCN1C. The highest BCUT2D eigenvalue weighted by Crippen LogP contribution is 2.22. The molecule has 2 saturated heterocycles. The monoisotopic (exact) mass is 239 g/mol. The van der Waals surface area contributed by atoms with E-state index in [0.717, 1.165) is 12.1 Å². The maximum Gasteiger partial charge on any atom is 0.0218 e. The number of hydrogen-bond donors (Lipinski definition) is 1. The van der Waals surface area contributed by atoms with Crippen LogP contribution in [0.3, 0.4) is 0 Å². The first-order valence-electron chi connectivity index (χ1n) is 7.30. The predicted molar refractivity (Wildman–Crippen MR) is 73.4 cm³/mol. The van der Waals surface area contributed by atoms with Gasteiger partial charge in [0.2, 0.25) is 0 Å². The minimum atomic E-state index is 0.684. The molecule has 3 heteroatoms. The largest absolute Gasteiger partial charge is 0.312 e. The third kappa shape index (κ3) is 3.21. The Kier molecular flexibility index (Phi) is 4.45. The molecule has 0 aromatic heterocycles. The molecule has 0 aromatic rings. The van der Waals surface area contributed by atoms with E-state index in [-0.39, 0.29) is 0 Å². The van der Waals surface area contributed by atoms with Crippen LogP contribution >= 0.6 is 0 Å². The van der Waals surface area contributed by atoms with E-state index >= 15 is 0 Å². The fraction of sp³-hybridized carbons (Fsp3) is 1.00. The second-order valence-corrected chi connectivity index (χ2v) is 6.13. The van der Waals surface area contributed by atoms with Crippen LogP contribution in [0.4, 0.5) is 0 Å². The van der Waals surface area contributed by atoms with Crippen LogP contribution < -0.4 is 5.32 Å². The van der Waals surface area contributed by atoms with Crippen molar-refractivity contribution in [3.05, 3.63) is 0 Å². The van der Waals surface area contributed by atoms with Crippen molar-refractivity contribution in [2.45, 2.75) is 64.2 Å². The van der Waals surface area contributed by atoms with Gasteiger partial charge in [-0.25, -0.2) is 0 Å². The van der Waals surface area contributed by atoms with Crippen molar-refractivity contribution < 1.29 is 0 Å². The molecule has 0 amide bonds. The van der Waals surface area contributed by atoms with Gasteiger partial charge in [-0.2, -0.15) is 0 Å². The van der Waals surface area contributed by atoms with Crippen LogP contribution in [0.1, 0.15) is 40.0 Å². The molecule has 1 N–H and O–H groups in total. The topological polar surface area (TPSA) is 18.5 Å². The van der Waals surface area contributed by atoms with Gasteiger partial charge in [0.25, 0.3) is 0 Å². The van der Waals surface area contributed by atoms with Gasteiger partial charge < -0.3 is 10.2 Å². The van der Waals surface area contributed by atoms with Gasteiger partial charge in [0.05, 0.1) is 0 Å². The fourth-order valence-electron chi connectivity index (χ4n) is 3.57. The first-order valence-corrected chi connectivity index (χ1v) is 7.30. The molecule has 0 aromatic carbocycles. The molecule has 17 heavy (non-hydrogen) atoms. The summed E-state index contributed by atoms with van der Waals surface area (Å²) in [6, 6.07) is 2.94. The Hall–Kier alpha value is -0.120. The molecule has 3 atom stereocenters.